The molecule has 0 spiro atoms. The summed E-state index contributed by atoms with van der Waals surface area (Å²) in [5.41, 5.74) is 0.830. The number of hydrogen-bond acceptors (Lipinski definition) is 5. The molecule has 1 atom stereocenters. The summed E-state index contributed by atoms with van der Waals surface area (Å²) < 4.78 is 24.1. The van der Waals surface area contributed by atoms with Crippen molar-refractivity contribution >= 4 is 27.1 Å². The van der Waals surface area contributed by atoms with Crippen LogP contribution in [0.3, 0.4) is 0 Å². The lowest BCUT2D eigenvalue weighted by atomic mass is 10.1. The maximum atomic E-state index is 12.1. The second-order valence-electron chi connectivity index (χ2n) is 5.09. The van der Waals surface area contributed by atoms with Gasteiger partial charge < -0.3 is 10.4 Å². The molecule has 7 heteroatoms. The average Bonchev–Trinajstić information content (AvgIpc) is 3.08. The van der Waals surface area contributed by atoms with Crippen LogP contribution >= 0.6 is 11.3 Å². The summed E-state index contributed by atoms with van der Waals surface area (Å²) in [5, 5.41) is 16.3. The van der Waals surface area contributed by atoms with E-state index >= 15 is 0 Å². The van der Waals surface area contributed by atoms with Crippen LogP contribution in [0.25, 0.3) is 0 Å². The van der Waals surface area contributed by atoms with Crippen molar-refractivity contribution in [3.63, 3.8) is 0 Å². The zero-order valence-electron chi connectivity index (χ0n) is 12.5. The zero-order valence-corrected chi connectivity index (χ0v) is 14.1. The number of nitrogens with one attached hydrogen (secondary N) is 1. The maximum absolute atomic E-state index is 12.1. The number of carbonyl (C=O) groups is 1. The SMILES string of the molecule is O=C(CCS(=O)(=O)c1ccccc1)NCCC(O)c1ccsc1. The summed E-state index contributed by atoms with van der Waals surface area (Å²) >= 11 is 1.50. The first kappa shape index (κ1) is 17.7. The van der Waals surface area contributed by atoms with Crippen LogP contribution < -0.4 is 5.32 Å². The molecule has 2 aromatic rings. The highest BCUT2D eigenvalue weighted by Gasteiger charge is 2.16. The lowest BCUT2D eigenvalue weighted by molar-refractivity contribution is -0.120. The Labute approximate surface area is 139 Å². The van der Waals surface area contributed by atoms with Crippen molar-refractivity contribution < 1.29 is 18.3 Å². The predicted molar refractivity (Wildman–Crippen MR) is 90.0 cm³/mol. The fraction of sp³-hybridized carbons (Fsp3) is 0.312. The molecule has 1 heterocycles. The Morgan fingerprint density at radius 1 is 1.22 bits per heavy atom. The van der Waals surface area contributed by atoms with Gasteiger partial charge in [-0.1, -0.05) is 18.2 Å². The number of aliphatic hydroxyl groups excluding tert-OH is 1. The Balaban J connectivity index is 1.73. The Hall–Kier alpha value is -1.70. The highest BCUT2D eigenvalue weighted by atomic mass is 32.2. The third-order valence-corrected chi connectivity index (χ3v) is 5.80. The topological polar surface area (TPSA) is 83.5 Å². The Bertz CT molecular complexity index is 712. The molecule has 124 valence electrons. The van der Waals surface area contributed by atoms with Crippen molar-refractivity contribution in [2.45, 2.75) is 23.8 Å². The predicted octanol–water partition coefficient (Wildman–Crippen LogP) is 2.15. The van der Waals surface area contributed by atoms with Gasteiger partial charge in [-0.25, -0.2) is 8.42 Å². The average molecular weight is 353 g/mol. The van der Waals surface area contributed by atoms with Crippen molar-refractivity contribution in [3.8, 4) is 0 Å². The molecular formula is C16H19NO4S2. The first-order chi connectivity index (χ1) is 11.0. The normalized spacial score (nSPS) is 12.7. The molecule has 0 aliphatic rings. The molecule has 1 amide bonds. The van der Waals surface area contributed by atoms with Gasteiger partial charge in [0.25, 0.3) is 0 Å². The molecule has 0 saturated heterocycles. The molecule has 23 heavy (non-hydrogen) atoms. The number of hydrogen-bond donors (Lipinski definition) is 2. The second-order valence-corrected chi connectivity index (χ2v) is 7.98. The van der Waals surface area contributed by atoms with Crippen LogP contribution in [0.15, 0.2) is 52.1 Å². The Kier molecular flexibility index (Phi) is 6.32. The van der Waals surface area contributed by atoms with Crippen LogP contribution in [-0.2, 0) is 14.6 Å². The standard InChI is InChI=1S/C16H19NO4S2/c18-15(13-7-10-22-12-13)6-9-17-16(19)8-11-23(20,21)14-4-2-1-3-5-14/h1-5,7,10,12,15,18H,6,8-9,11H2,(H,17,19). The third-order valence-electron chi connectivity index (χ3n) is 3.37. The molecule has 0 saturated carbocycles. The summed E-state index contributed by atoms with van der Waals surface area (Å²) in [6.45, 7) is 0.307. The Morgan fingerprint density at radius 3 is 2.61 bits per heavy atom. The largest absolute Gasteiger partial charge is 0.388 e. The molecule has 1 aromatic heterocycles. The van der Waals surface area contributed by atoms with Gasteiger partial charge in [0.2, 0.25) is 5.91 Å². The van der Waals surface area contributed by atoms with E-state index in [4.69, 9.17) is 0 Å². The molecular weight excluding hydrogens is 334 g/mol. The number of sulfone groups is 1. The molecule has 2 rings (SSSR count). The van der Waals surface area contributed by atoms with Gasteiger partial charge in [-0.05, 0) is 40.9 Å². The van der Waals surface area contributed by atoms with Crippen LogP contribution in [0.2, 0.25) is 0 Å². The number of rotatable bonds is 8. The van der Waals surface area contributed by atoms with Crippen LogP contribution in [0.4, 0.5) is 0 Å². The maximum Gasteiger partial charge on any atom is 0.221 e. The van der Waals surface area contributed by atoms with Crippen LogP contribution in [0.5, 0.6) is 0 Å². The molecule has 0 bridgehead atoms. The second kappa shape index (κ2) is 8.24. The van der Waals surface area contributed by atoms with E-state index in [1.165, 1.54) is 23.5 Å². The first-order valence-electron chi connectivity index (χ1n) is 7.24. The smallest absolute Gasteiger partial charge is 0.221 e. The highest BCUT2D eigenvalue weighted by Crippen LogP contribution is 2.18. The minimum absolute atomic E-state index is 0.0915. The molecule has 2 N–H and O–H groups in total. The van der Waals surface area contributed by atoms with Gasteiger partial charge >= 0.3 is 0 Å². The third kappa shape index (κ3) is 5.46. The summed E-state index contributed by atoms with van der Waals surface area (Å²) in [6.07, 6.45) is -0.311. The van der Waals surface area contributed by atoms with Gasteiger partial charge in [0.05, 0.1) is 16.8 Å². The van der Waals surface area contributed by atoms with E-state index in [2.05, 4.69) is 5.32 Å². The van der Waals surface area contributed by atoms with E-state index in [1.54, 1.807) is 18.2 Å². The lowest BCUT2D eigenvalue weighted by Gasteiger charge is -2.10. The zero-order chi connectivity index (χ0) is 16.7. The number of carbonyl (C=O) groups excluding carboxylic acids is 1. The van der Waals surface area contributed by atoms with Gasteiger partial charge in [-0.15, -0.1) is 0 Å². The van der Waals surface area contributed by atoms with Crippen molar-refractivity contribution in [2.24, 2.45) is 0 Å². The van der Waals surface area contributed by atoms with Crippen LogP contribution in [0.1, 0.15) is 24.5 Å². The van der Waals surface area contributed by atoms with Gasteiger partial charge in [0.1, 0.15) is 0 Å². The van der Waals surface area contributed by atoms with Crippen molar-refractivity contribution in [2.75, 3.05) is 12.3 Å². The number of benzene rings is 1. The van der Waals surface area contributed by atoms with Crippen molar-refractivity contribution in [3.05, 3.63) is 52.7 Å². The summed E-state index contributed by atoms with van der Waals surface area (Å²) in [5.74, 6) is -0.558. The van der Waals surface area contributed by atoms with E-state index in [0.717, 1.165) is 5.56 Å². The van der Waals surface area contributed by atoms with E-state index in [0.29, 0.717) is 13.0 Å². The quantitative estimate of drug-likeness (QED) is 0.762. The molecule has 1 aromatic carbocycles. The first-order valence-corrected chi connectivity index (χ1v) is 9.83. The molecule has 0 aliphatic heterocycles. The van der Waals surface area contributed by atoms with Crippen LogP contribution in [-0.4, -0.2) is 31.7 Å². The Morgan fingerprint density at radius 2 is 1.96 bits per heavy atom. The molecule has 1 unspecified atom stereocenters. The molecule has 0 radical (unpaired) electrons. The summed E-state index contributed by atoms with van der Waals surface area (Å²) in [4.78, 5) is 12.0. The molecule has 0 aliphatic carbocycles. The van der Waals surface area contributed by atoms with Crippen molar-refractivity contribution in [1.29, 1.82) is 0 Å². The van der Waals surface area contributed by atoms with Gasteiger partial charge in [-0.2, -0.15) is 11.3 Å². The number of amides is 1. The van der Waals surface area contributed by atoms with Crippen molar-refractivity contribution in [1.82, 2.24) is 5.32 Å². The molecule has 5 nitrogen and oxygen atoms in total. The minimum atomic E-state index is -3.44. The summed E-state index contributed by atoms with van der Waals surface area (Å²) in [7, 11) is -3.44. The number of thiophene rings is 1. The monoisotopic (exact) mass is 353 g/mol. The van der Waals surface area contributed by atoms with E-state index in [9.17, 15) is 18.3 Å². The van der Waals surface area contributed by atoms with Gasteiger partial charge in [0.15, 0.2) is 9.84 Å². The fourth-order valence-corrected chi connectivity index (χ4v) is 4.01. The fourth-order valence-electron chi connectivity index (χ4n) is 2.04. The van der Waals surface area contributed by atoms with E-state index in [-0.39, 0.29) is 23.0 Å². The lowest BCUT2D eigenvalue weighted by Crippen LogP contribution is -2.27. The van der Waals surface area contributed by atoms with Gasteiger partial charge in [0, 0.05) is 13.0 Å². The summed E-state index contributed by atoms with van der Waals surface area (Å²) in [6, 6.07) is 9.92. The van der Waals surface area contributed by atoms with Gasteiger partial charge in [-0.3, -0.25) is 4.79 Å². The van der Waals surface area contributed by atoms with Crippen LogP contribution in [0, 0.1) is 0 Å². The molecule has 0 fully saturated rings. The number of aliphatic hydroxyl groups is 1. The van der Waals surface area contributed by atoms with E-state index in [1.807, 2.05) is 16.8 Å². The minimum Gasteiger partial charge on any atom is -0.388 e. The highest BCUT2D eigenvalue weighted by molar-refractivity contribution is 7.91. The van der Waals surface area contributed by atoms with E-state index < -0.39 is 15.9 Å².